The summed E-state index contributed by atoms with van der Waals surface area (Å²) in [5.41, 5.74) is 0. The summed E-state index contributed by atoms with van der Waals surface area (Å²) in [5, 5.41) is 0. The van der Waals surface area contributed by atoms with Crippen LogP contribution in [0.2, 0.25) is 0 Å². The van der Waals surface area contributed by atoms with E-state index in [1.807, 2.05) is 0 Å². The van der Waals surface area contributed by atoms with Gasteiger partial charge < -0.3 is 19.1 Å². The molecule has 1 atom stereocenters. The van der Waals surface area contributed by atoms with Crippen LogP contribution in [0.4, 0.5) is 0 Å². The summed E-state index contributed by atoms with van der Waals surface area (Å²) in [4.78, 5) is 26.6. The van der Waals surface area contributed by atoms with Crippen molar-refractivity contribution in [3.63, 3.8) is 0 Å². The van der Waals surface area contributed by atoms with E-state index in [0.717, 1.165) is 12.8 Å². The van der Waals surface area contributed by atoms with Crippen molar-refractivity contribution in [1.82, 2.24) is 9.21 Å². The summed E-state index contributed by atoms with van der Waals surface area (Å²) >= 11 is 0. The zero-order valence-corrected chi connectivity index (χ0v) is 19.0. The third kappa shape index (κ3) is 4.95. The van der Waals surface area contributed by atoms with Crippen molar-refractivity contribution in [2.24, 2.45) is 11.8 Å². The number of sulfonamides is 1. The number of hydrogen-bond acceptors (Lipinski definition) is 7. The second-order valence-corrected chi connectivity index (χ2v) is 9.75. The molecule has 2 aliphatic heterocycles. The SMILES string of the molecule is COC(=O)C1CCCN(C(=O)C2CCN(S(=O)(=O)c3cc(OC)ccc3OC)CC2)C1. The number of benzene rings is 1. The molecule has 1 amide bonds. The van der Waals surface area contributed by atoms with Gasteiger partial charge in [-0.2, -0.15) is 4.31 Å². The number of methoxy groups -OCH3 is 3. The molecule has 0 radical (unpaired) electrons. The molecular formula is C21H30N2O7S. The maximum absolute atomic E-state index is 13.2. The largest absolute Gasteiger partial charge is 0.497 e. The molecule has 2 aliphatic rings. The maximum atomic E-state index is 13.2. The Labute approximate surface area is 183 Å². The van der Waals surface area contributed by atoms with Gasteiger partial charge in [-0.1, -0.05) is 0 Å². The topological polar surface area (TPSA) is 102 Å². The predicted molar refractivity (Wildman–Crippen MR) is 112 cm³/mol. The average molecular weight is 455 g/mol. The Hall–Kier alpha value is -2.33. The van der Waals surface area contributed by atoms with Crippen molar-refractivity contribution in [1.29, 1.82) is 0 Å². The average Bonchev–Trinajstić information content (AvgIpc) is 2.82. The lowest BCUT2D eigenvalue weighted by atomic mass is 9.93. The predicted octanol–water partition coefficient (Wildman–Crippen LogP) is 1.52. The first kappa shape index (κ1) is 23.3. The van der Waals surface area contributed by atoms with Crippen molar-refractivity contribution in [2.45, 2.75) is 30.6 Å². The Balaban J connectivity index is 1.66. The molecular weight excluding hydrogens is 424 g/mol. The third-order valence-electron chi connectivity index (χ3n) is 6.06. The van der Waals surface area contributed by atoms with Gasteiger partial charge in [0.05, 0.1) is 27.2 Å². The summed E-state index contributed by atoms with van der Waals surface area (Å²) in [7, 11) is 0.461. The van der Waals surface area contributed by atoms with Crippen LogP contribution in [-0.2, 0) is 24.3 Å². The molecule has 9 nitrogen and oxygen atoms in total. The fourth-order valence-electron chi connectivity index (χ4n) is 4.26. The molecule has 0 bridgehead atoms. The minimum Gasteiger partial charge on any atom is -0.497 e. The number of piperidine rings is 2. The van der Waals surface area contributed by atoms with Gasteiger partial charge >= 0.3 is 5.97 Å². The number of carbonyl (C=O) groups excluding carboxylic acids is 2. The second kappa shape index (κ2) is 9.86. The Kier molecular flexibility index (Phi) is 7.42. The molecule has 0 N–H and O–H groups in total. The van der Waals surface area contributed by atoms with Gasteiger partial charge in [0.1, 0.15) is 16.4 Å². The summed E-state index contributed by atoms with van der Waals surface area (Å²) in [6.45, 7) is 1.47. The van der Waals surface area contributed by atoms with E-state index >= 15 is 0 Å². The third-order valence-corrected chi connectivity index (χ3v) is 7.98. The maximum Gasteiger partial charge on any atom is 0.310 e. The van der Waals surface area contributed by atoms with Crippen LogP contribution >= 0.6 is 0 Å². The minimum absolute atomic E-state index is 0.00962. The van der Waals surface area contributed by atoms with Crippen molar-refractivity contribution in [3.8, 4) is 11.5 Å². The smallest absolute Gasteiger partial charge is 0.310 e. The monoisotopic (exact) mass is 454 g/mol. The number of hydrogen-bond donors (Lipinski definition) is 0. The molecule has 2 saturated heterocycles. The molecule has 0 aromatic heterocycles. The molecule has 1 unspecified atom stereocenters. The van der Waals surface area contributed by atoms with Gasteiger partial charge in [0.25, 0.3) is 0 Å². The summed E-state index contributed by atoms with van der Waals surface area (Å²) in [6.07, 6.45) is 2.34. The van der Waals surface area contributed by atoms with E-state index in [1.54, 1.807) is 17.0 Å². The first-order chi connectivity index (χ1) is 14.8. The van der Waals surface area contributed by atoms with Gasteiger partial charge in [-0.3, -0.25) is 9.59 Å². The molecule has 1 aromatic rings. The van der Waals surface area contributed by atoms with Crippen LogP contribution < -0.4 is 9.47 Å². The van der Waals surface area contributed by atoms with Crippen LogP contribution in [-0.4, -0.2) is 77.0 Å². The van der Waals surface area contributed by atoms with Gasteiger partial charge in [0, 0.05) is 38.2 Å². The summed E-state index contributed by atoms with van der Waals surface area (Å²) in [5.74, 6) is -0.162. The highest BCUT2D eigenvalue weighted by molar-refractivity contribution is 7.89. The quantitative estimate of drug-likeness (QED) is 0.601. The van der Waals surface area contributed by atoms with E-state index in [9.17, 15) is 18.0 Å². The fraction of sp³-hybridized carbons (Fsp3) is 0.619. The van der Waals surface area contributed by atoms with Crippen molar-refractivity contribution in [3.05, 3.63) is 18.2 Å². The standard InChI is InChI=1S/C21H30N2O7S/c1-28-17-6-7-18(29-2)19(13-17)31(26,27)23-11-8-15(9-12-23)20(24)22-10-4-5-16(14-22)21(25)30-3/h6-7,13,15-16H,4-5,8-12,14H2,1-3H3. The molecule has 2 fully saturated rings. The highest BCUT2D eigenvalue weighted by Gasteiger charge is 2.37. The lowest BCUT2D eigenvalue weighted by Gasteiger charge is -2.36. The Morgan fingerprint density at radius 2 is 1.68 bits per heavy atom. The molecule has 2 heterocycles. The lowest BCUT2D eigenvalue weighted by Crippen LogP contribution is -2.48. The summed E-state index contributed by atoms with van der Waals surface area (Å²) in [6, 6.07) is 4.66. The second-order valence-electron chi connectivity index (χ2n) is 7.84. The first-order valence-electron chi connectivity index (χ1n) is 10.4. The normalized spacial score (nSPS) is 20.9. The lowest BCUT2D eigenvalue weighted by molar-refractivity contribution is -0.150. The molecule has 172 valence electrons. The number of esters is 1. The molecule has 0 spiro atoms. The van der Waals surface area contributed by atoms with Gasteiger partial charge in [0.2, 0.25) is 15.9 Å². The van der Waals surface area contributed by atoms with E-state index in [-0.39, 0.29) is 47.4 Å². The molecule has 0 saturated carbocycles. The van der Waals surface area contributed by atoms with E-state index in [0.29, 0.717) is 31.7 Å². The van der Waals surface area contributed by atoms with E-state index in [2.05, 4.69) is 0 Å². The summed E-state index contributed by atoms with van der Waals surface area (Å²) < 4.78 is 43.0. The molecule has 0 aliphatic carbocycles. The Bertz CT molecular complexity index is 910. The highest BCUT2D eigenvalue weighted by atomic mass is 32.2. The molecule has 10 heteroatoms. The van der Waals surface area contributed by atoms with Crippen LogP contribution in [0.25, 0.3) is 0 Å². The van der Waals surface area contributed by atoms with Crippen LogP contribution in [0, 0.1) is 11.8 Å². The number of nitrogens with zero attached hydrogens (tertiary/aromatic N) is 2. The molecule has 31 heavy (non-hydrogen) atoms. The van der Waals surface area contributed by atoms with E-state index in [4.69, 9.17) is 14.2 Å². The highest BCUT2D eigenvalue weighted by Crippen LogP contribution is 2.33. The number of amides is 1. The molecule has 3 rings (SSSR count). The van der Waals surface area contributed by atoms with Gasteiger partial charge in [-0.25, -0.2) is 8.42 Å². The van der Waals surface area contributed by atoms with Gasteiger partial charge in [-0.15, -0.1) is 0 Å². The van der Waals surface area contributed by atoms with E-state index < -0.39 is 10.0 Å². The Morgan fingerprint density at radius 1 is 0.968 bits per heavy atom. The van der Waals surface area contributed by atoms with Crippen LogP contribution in [0.1, 0.15) is 25.7 Å². The van der Waals surface area contributed by atoms with Crippen LogP contribution in [0.5, 0.6) is 11.5 Å². The van der Waals surface area contributed by atoms with Crippen LogP contribution in [0.15, 0.2) is 23.1 Å². The van der Waals surface area contributed by atoms with Crippen molar-refractivity contribution >= 4 is 21.9 Å². The van der Waals surface area contributed by atoms with Crippen molar-refractivity contribution < 1.29 is 32.2 Å². The van der Waals surface area contributed by atoms with Crippen molar-refractivity contribution in [2.75, 3.05) is 47.5 Å². The number of rotatable bonds is 6. The minimum atomic E-state index is -3.79. The number of likely N-dealkylation sites (tertiary alicyclic amines) is 1. The molecule has 1 aromatic carbocycles. The zero-order valence-electron chi connectivity index (χ0n) is 18.2. The first-order valence-corrected chi connectivity index (χ1v) is 11.8. The van der Waals surface area contributed by atoms with Crippen LogP contribution in [0.3, 0.4) is 0 Å². The zero-order chi connectivity index (χ0) is 22.6. The van der Waals surface area contributed by atoms with Gasteiger partial charge in [-0.05, 0) is 37.8 Å². The fourth-order valence-corrected chi connectivity index (χ4v) is 5.90. The Morgan fingerprint density at radius 3 is 2.29 bits per heavy atom. The van der Waals surface area contributed by atoms with E-state index in [1.165, 1.54) is 31.7 Å². The number of carbonyl (C=O) groups is 2. The van der Waals surface area contributed by atoms with Gasteiger partial charge in [0.15, 0.2) is 0 Å². The number of ether oxygens (including phenoxy) is 3.